The number of pyridine rings is 1. The van der Waals surface area contributed by atoms with Crippen LogP contribution in [0, 0.1) is 0 Å². The minimum atomic E-state index is -4.54. The molecule has 0 unspecified atom stereocenters. The third kappa shape index (κ3) is 3.10. The smallest absolute Gasteiger partial charge is 0.289 e. The van der Waals surface area contributed by atoms with Crippen molar-refractivity contribution in [2.75, 3.05) is 0 Å². The van der Waals surface area contributed by atoms with Crippen molar-refractivity contribution in [3.8, 4) is 0 Å². The predicted molar refractivity (Wildman–Crippen MR) is 56.7 cm³/mol. The van der Waals surface area contributed by atoms with Gasteiger partial charge in [0, 0.05) is 18.3 Å². The molecule has 0 N–H and O–H groups in total. The maximum atomic E-state index is 11.9. The lowest BCUT2D eigenvalue weighted by Crippen LogP contribution is -2.35. The van der Waals surface area contributed by atoms with E-state index in [0.717, 1.165) is 11.1 Å². The van der Waals surface area contributed by atoms with Crippen molar-refractivity contribution >= 4 is 11.6 Å². The van der Waals surface area contributed by atoms with Gasteiger partial charge in [0.15, 0.2) is 0 Å². The van der Waals surface area contributed by atoms with Gasteiger partial charge in [-0.1, -0.05) is 0 Å². The van der Waals surface area contributed by atoms with Gasteiger partial charge in [-0.15, -0.1) is 24.8 Å². The van der Waals surface area contributed by atoms with Gasteiger partial charge in [0.05, 0.1) is 6.10 Å². The lowest BCUT2D eigenvalue weighted by molar-refractivity contribution is -0.351. The Hall–Kier alpha value is -0.810. The zero-order chi connectivity index (χ0) is 12.5. The van der Waals surface area contributed by atoms with Crippen LogP contribution in [0.1, 0.15) is 29.9 Å². The van der Waals surface area contributed by atoms with Gasteiger partial charge >= 0.3 is 6.36 Å². The summed E-state index contributed by atoms with van der Waals surface area (Å²) in [5, 5.41) is 0. The summed E-state index contributed by atoms with van der Waals surface area (Å²) in [6.45, 7) is 0. The Balaban J connectivity index is 1.95. The molecule has 0 atom stereocenters. The Bertz CT molecular complexity index is 391. The first-order chi connectivity index (χ1) is 7.99. The molecule has 0 spiro atoms. The van der Waals surface area contributed by atoms with Gasteiger partial charge in [-0.25, -0.2) is 0 Å². The molecule has 17 heavy (non-hydrogen) atoms. The molecule has 0 aromatic carbocycles. The zero-order valence-electron chi connectivity index (χ0n) is 8.88. The van der Waals surface area contributed by atoms with Gasteiger partial charge in [0.1, 0.15) is 0 Å². The monoisotopic (exact) mass is 265 g/mol. The second-order valence-corrected chi connectivity index (χ2v) is 4.33. The molecule has 2 rings (SSSR count). The maximum Gasteiger partial charge on any atom is 0.522 e. The number of hydrogen-bond acceptors (Lipinski definition) is 2. The minimum absolute atomic E-state index is 0.0739. The Labute approximate surface area is 102 Å². The van der Waals surface area contributed by atoms with Gasteiger partial charge < -0.3 is 0 Å². The van der Waals surface area contributed by atoms with E-state index < -0.39 is 12.5 Å². The van der Waals surface area contributed by atoms with Crippen molar-refractivity contribution in [1.82, 2.24) is 4.98 Å². The van der Waals surface area contributed by atoms with E-state index in [1.165, 1.54) is 0 Å². The van der Waals surface area contributed by atoms with E-state index in [0.29, 0.717) is 18.7 Å². The summed E-state index contributed by atoms with van der Waals surface area (Å²) in [6.07, 6.45) is -1.23. The first kappa shape index (κ1) is 12.6. The van der Waals surface area contributed by atoms with Crippen molar-refractivity contribution < 1.29 is 17.9 Å². The average Bonchev–Trinajstić information content (AvgIpc) is 2.21. The molecule has 0 saturated heterocycles. The molecule has 0 bridgehead atoms. The van der Waals surface area contributed by atoms with Crippen LogP contribution in [-0.2, 0) is 10.6 Å². The second kappa shape index (κ2) is 4.82. The Morgan fingerprint density at radius 2 is 2.12 bits per heavy atom. The number of alkyl halides is 4. The number of hydrogen-bond donors (Lipinski definition) is 0. The molecular weight excluding hydrogens is 255 g/mol. The first-order valence-electron chi connectivity index (χ1n) is 5.23. The van der Waals surface area contributed by atoms with Crippen LogP contribution in [0.15, 0.2) is 18.5 Å². The molecule has 1 saturated carbocycles. The third-order valence-electron chi connectivity index (χ3n) is 2.93. The van der Waals surface area contributed by atoms with Crippen molar-refractivity contribution in [2.45, 2.75) is 37.1 Å². The lowest BCUT2D eigenvalue weighted by Gasteiger charge is -2.36. The van der Waals surface area contributed by atoms with Crippen molar-refractivity contribution in [3.05, 3.63) is 29.6 Å². The molecule has 1 fully saturated rings. The fourth-order valence-electron chi connectivity index (χ4n) is 2.03. The summed E-state index contributed by atoms with van der Waals surface area (Å²) in [5.41, 5.74) is 1.86. The topological polar surface area (TPSA) is 22.1 Å². The third-order valence-corrected chi connectivity index (χ3v) is 3.21. The Kier molecular flexibility index (Phi) is 3.58. The van der Waals surface area contributed by atoms with E-state index in [2.05, 4.69) is 9.72 Å². The van der Waals surface area contributed by atoms with Crippen molar-refractivity contribution in [2.24, 2.45) is 0 Å². The van der Waals surface area contributed by atoms with Crippen LogP contribution in [-0.4, -0.2) is 17.5 Å². The molecular formula is C11H11ClF3NO. The van der Waals surface area contributed by atoms with Crippen LogP contribution in [0.5, 0.6) is 0 Å². The highest BCUT2D eigenvalue weighted by atomic mass is 35.5. The average molecular weight is 266 g/mol. The van der Waals surface area contributed by atoms with E-state index in [1.807, 2.05) is 0 Å². The summed E-state index contributed by atoms with van der Waals surface area (Å²) in [6, 6.07) is 1.79. The minimum Gasteiger partial charge on any atom is -0.289 e. The SMILES string of the molecule is FC(F)(F)OC1CC(c2cnccc2CCl)C1. The van der Waals surface area contributed by atoms with E-state index >= 15 is 0 Å². The molecule has 2 nitrogen and oxygen atoms in total. The Morgan fingerprint density at radius 3 is 2.71 bits per heavy atom. The standard InChI is InChI=1S/C11H11ClF3NO/c12-5-7-1-2-16-6-10(7)8-3-9(4-8)17-11(13,14)15/h1-2,6,8-9H,3-5H2. The second-order valence-electron chi connectivity index (χ2n) is 4.06. The molecule has 94 valence electrons. The number of rotatable bonds is 3. The molecule has 0 amide bonds. The normalized spacial score (nSPS) is 24.5. The quantitative estimate of drug-likeness (QED) is 0.779. The molecule has 1 aromatic heterocycles. The van der Waals surface area contributed by atoms with E-state index in [4.69, 9.17) is 11.6 Å². The van der Waals surface area contributed by atoms with Crippen LogP contribution >= 0.6 is 11.6 Å². The highest BCUT2D eigenvalue weighted by molar-refractivity contribution is 6.17. The summed E-state index contributed by atoms with van der Waals surface area (Å²) in [5.74, 6) is 0.420. The molecule has 1 heterocycles. The predicted octanol–water partition coefficient (Wildman–Crippen LogP) is 3.60. The first-order valence-corrected chi connectivity index (χ1v) is 5.76. The molecule has 1 aliphatic carbocycles. The summed E-state index contributed by atoms with van der Waals surface area (Å²) >= 11 is 5.76. The van der Waals surface area contributed by atoms with Gasteiger partial charge in [0.2, 0.25) is 0 Å². The van der Waals surface area contributed by atoms with Gasteiger partial charge in [-0.3, -0.25) is 9.72 Å². The van der Waals surface area contributed by atoms with Crippen LogP contribution in [0.2, 0.25) is 0 Å². The summed E-state index contributed by atoms with van der Waals surface area (Å²) in [4.78, 5) is 3.97. The number of aromatic nitrogens is 1. The van der Waals surface area contributed by atoms with Crippen LogP contribution in [0.3, 0.4) is 0 Å². The highest BCUT2D eigenvalue weighted by Crippen LogP contribution is 2.42. The Morgan fingerprint density at radius 1 is 1.41 bits per heavy atom. The van der Waals surface area contributed by atoms with E-state index in [1.54, 1.807) is 18.5 Å². The van der Waals surface area contributed by atoms with Crippen LogP contribution in [0.25, 0.3) is 0 Å². The van der Waals surface area contributed by atoms with Gasteiger partial charge in [-0.2, -0.15) is 0 Å². The number of ether oxygens (including phenoxy) is 1. The number of nitrogens with zero attached hydrogens (tertiary/aromatic N) is 1. The molecule has 1 aromatic rings. The van der Waals surface area contributed by atoms with Crippen LogP contribution in [0.4, 0.5) is 13.2 Å². The molecule has 6 heteroatoms. The summed E-state index contributed by atoms with van der Waals surface area (Å²) in [7, 11) is 0. The number of halogens is 4. The van der Waals surface area contributed by atoms with Crippen LogP contribution < -0.4 is 0 Å². The van der Waals surface area contributed by atoms with Crippen molar-refractivity contribution in [3.63, 3.8) is 0 Å². The highest BCUT2D eigenvalue weighted by Gasteiger charge is 2.41. The van der Waals surface area contributed by atoms with E-state index in [-0.39, 0.29) is 5.92 Å². The lowest BCUT2D eigenvalue weighted by atomic mass is 9.77. The maximum absolute atomic E-state index is 11.9. The summed E-state index contributed by atoms with van der Waals surface area (Å²) < 4.78 is 39.8. The zero-order valence-corrected chi connectivity index (χ0v) is 9.63. The molecule has 0 aliphatic heterocycles. The largest absolute Gasteiger partial charge is 0.522 e. The van der Waals surface area contributed by atoms with E-state index in [9.17, 15) is 13.2 Å². The molecule has 1 aliphatic rings. The van der Waals surface area contributed by atoms with Gasteiger partial charge in [-0.05, 0) is 36.0 Å². The fraction of sp³-hybridized carbons (Fsp3) is 0.545. The van der Waals surface area contributed by atoms with Gasteiger partial charge in [0.25, 0.3) is 0 Å². The fourth-order valence-corrected chi connectivity index (χ4v) is 2.27. The van der Waals surface area contributed by atoms with Crippen molar-refractivity contribution in [1.29, 1.82) is 0 Å². The molecule has 0 radical (unpaired) electrons.